The van der Waals surface area contributed by atoms with E-state index in [0.717, 1.165) is 5.56 Å². The van der Waals surface area contributed by atoms with E-state index in [1.165, 1.54) is 11.3 Å². The summed E-state index contributed by atoms with van der Waals surface area (Å²) in [5.41, 5.74) is 1.33. The predicted octanol–water partition coefficient (Wildman–Crippen LogP) is 4.55. The number of urea groups is 1. The topological polar surface area (TPSA) is 79.8 Å². The van der Waals surface area contributed by atoms with E-state index >= 15 is 0 Å². The highest BCUT2D eigenvalue weighted by molar-refractivity contribution is 7.18. The second-order valence-electron chi connectivity index (χ2n) is 4.35. The maximum absolute atomic E-state index is 12.0. The summed E-state index contributed by atoms with van der Waals surface area (Å²) in [5.74, 6) is 0. The molecule has 3 rings (SSSR count). The van der Waals surface area contributed by atoms with Crippen LogP contribution in [0.4, 0.5) is 15.6 Å². The van der Waals surface area contributed by atoms with Crippen molar-refractivity contribution >= 4 is 51.4 Å². The Labute approximate surface area is 145 Å². The number of nitrogens with zero attached hydrogens (tertiary/aromatic N) is 3. The van der Waals surface area contributed by atoms with E-state index in [1.54, 1.807) is 30.6 Å². The fourth-order valence-electron chi connectivity index (χ4n) is 1.73. The first-order chi connectivity index (χ1) is 11.1. The molecule has 2 amide bonds. The van der Waals surface area contributed by atoms with E-state index in [-0.39, 0.29) is 0 Å². The Bertz CT molecular complexity index is 840. The van der Waals surface area contributed by atoms with Crippen LogP contribution in [0.15, 0.2) is 42.7 Å². The van der Waals surface area contributed by atoms with Crippen molar-refractivity contribution in [1.29, 1.82) is 0 Å². The predicted molar refractivity (Wildman–Crippen MR) is 92.2 cm³/mol. The molecule has 2 heterocycles. The van der Waals surface area contributed by atoms with Crippen LogP contribution in [-0.2, 0) is 0 Å². The molecule has 116 valence electrons. The Kier molecular flexibility index (Phi) is 4.71. The molecule has 0 aliphatic rings. The Balaban J connectivity index is 1.68. The highest BCUT2D eigenvalue weighted by Crippen LogP contribution is 2.27. The van der Waals surface area contributed by atoms with Crippen molar-refractivity contribution in [3.05, 3.63) is 52.8 Å². The minimum atomic E-state index is -0.466. The molecule has 1 aromatic carbocycles. The van der Waals surface area contributed by atoms with Crippen LogP contribution in [0.5, 0.6) is 0 Å². The molecule has 0 fully saturated rings. The quantitative estimate of drug-likeness (QED) is 0.713. The van der Waals surface area contributed by atoms with Gasteiger partial charge in [-0.05, 0) is 30.3 Å². The third-order valence-corrected chi connectivity index (χ3v) is 4.19. The molecule has 0 saturated carbocycles. The first-order valence-electron chi connectivity index (χ1n) is 6.39. The van der Waals surface area contributed by atoms with Crippen molar-refractivity contribution in [2.75, 3.05) is 10.6 Å². The Morgan fingerprint density at radius 1 is 1.04 bits per heavy atom. The van der Waals surface area contributed by atoms with E-state index in [0.29, 0.717) is 25.9 Å². The zero-order valence-electron chi connectivity index (χ0n) is 11.5. The number of halogens is 2. The number of aromatic nitrogens is 3. The van der Waals surface area contributed by atoms with Crippen LogP contribution < -0.4 is 10.6 Å². The van der Waals surface area contributed by atoms with Crippen molar-refractivity contribution in [3.8, 4) is 10.6 Å². The monoisotopic (exact) mass is 365 g/mol. The van der Waals surface area contributed by atoms with Gasteiger partial charge in [0, 0.05) is 23.0 Å². The largest absolute Gasteiger partial charge is 0.325 e. The number of carbonyl (C=O) groups is 1. The number of hydrogen-bond acceptors (Lipinski definition) is 5. The van der Waals surface area contributed by atoms with Crippen molar-refractivity contribution in [3.63, 3.8) is 0 Å². The van der Waals surface area contributed by atoms with Crippen LogP contribution in [0.1, 0.15) is 0 Å². The van der Waals surface area contributed by atoms with Gasteiger partial charge in [0.1, 0.15) is 5.01 Å². The van der Waals surface area contributed by atoms with Gasteiger partial charge < -0.3 is 5.32 Å². The Morgan fingerprint density at radius 2 is 1.83 bits per heavy atom. The molecule has 0 radical (unpaired) electrons. The normalized spacial score (nSPS) is 10.3. The maximum Gasteiger partial charge on any atom is 0.325 e. The number of benzene rings is 1. The molecule has 3 aromatic rings. The lowest BCUT2D eigenvalue weighted by atomic mass is 10.3. The van der Waals surface area contributed by atoms with Crippen LogP contribution in [-0.4, -0.2) is 21.2 Å². The first kappa shape index (κ1) is 15.7. The molecule has 0 aliphatic carbocycles. The number of nitrogens with one attached hydrogen (secondary N) is 2. The van der Waals surface area contributed by atoms with E-state index in [1.807, 2.05) is 12.1 Å². The molecule has 6 nitrogen and oxygen atoms in total. The van der Waals surface area contributed by atoms with Crippen molar-refractivity contribution in [1.82, 2.24) is 15.2 Å². The highest BCUT2D eigenvalue weighted by atomic mass is 35.5. The van der Waals surface area contributed by atoms with Crippen molar-refractivity contribution < 1.29 is 4.79 Å². The number of amides is 2. The smallest absolute Gasteiger partial charge is 0.306 e. The highest BCUT2D eigenvalue weighted by Gasteiger charge is 2.11. The fourth-order valence-corrected chi connectivity index (χ4v) is 2.93. The number of rotatable bonds is 3. The Morgan fingerprint density at radius 3 is 2.57 bits per heavy atom. The molecule has 0 saturated heterocycles. The van der Waals surface area contributed by atoms with Gasteiger partial charge in [0.05, 0.1) is 10.7 Å². The van der Waals surface area contributed by atoms with Gasteiger partial charge in [-0.3, -0.25) is 10.3 Å². The molecule has 9 heteroatoms. The molecule has 2 aromatic heterocycles. The molecule has 23 heavy (non-hydrogen) atoms. The summed E-state index contributed by atoms with van der Waals surface area (Å²) >= 11 is 13.1. The third-order valence-electron chi connectivity index (χ3n) is 2.75. The van der Waals surface area contributed by atoms with Gasteiger partial charge in [-0.2, -0.15) is 0 Å². The van der Waals surface area contributed by atoms with Gasteiger partial charge in [0.2, 0.25) is 5.13 Å². The number of pyridine rings is 1. The molecule has 0 atom stereocenters. The molecule has 0 bridgehead atoms. The number of anilines is 2. The molecule has 0 unspecified atom stereocenters. The second-order valence-corrected chi connectivity index (χ2v) is 6.17. The summed E-state index contributed by atoms with van der Waals surface area (Å²) in [7, 11) is 0. The molecule has 0 aliphatic heterocycles. The summed E-state index contributed by atoms with van der Waals surface area (Å²) in [5, 5.41) is 15.1. The number of hydrogen-bond donors (Lipinski definition) is 2. The van der Waals surface area contributed by atoms with Gasteiger partial charge in [-0.15, -0.1) is 10.2 Å². The average molecular weight is 366 g/mol. The van der Waals surface area contributed by atoms with Gasteiger partial charge in [0.25, 0.3) is 0 Å². The SMILES string of the molecule is O=C(Nc1nnc(-c2ccncc2)s1)Nc1ccc(Cl)cc1Cl. The summed E-state index contributed by atoms with van der Waals surface area (Å²) < 4.78 is 0. The van der Waals surface area contributed by atoms with Gasteiger partial charge in [0.15, 0.2) is 0 Å². The van der Waals surface area contributed by atoms with Crippen molar-refractivity contribution in [2.24, 2.45) is 0 Å². The van der Waals surface area contributed by atoms with Gasteiger partial charge in [-0.1, -0.05) is 34.5 Å². The lowest BCUT2D eigenvalue weighted by Gasteiger charge is -2.07. The van der Waals surface area contributed by atoms with Crippen LogP contribution in [0.2, 0.25) is 10.0 Å². The van der Waals surface area contributed by atoms with E-state index in [9.17, 15) is 4.79 Å². The van der Waals surface area contributed by atoms with Crippen LogP contribution in [0, 0.1) is 0 Å². The van der Waals surface area contributed by atoms with Crippen LogP contribution in [0.3, 0.4) is 0 Å². The van der Waals surface area contributed by atoms with Crippen molar-refractivity contribution in [2.45, 2.75) is 0 Å². The summed E-state index contributed by atoms with van der Waals surface area (Å²) in [4.78, 5) is 15.9. The molecular weight excluding hydrogens is 357 g/mol. The van der Waals surface area contributed by atoms with E-state index in [2.05, 4.69) is 25.8 Å². The Hall–Kier alpha value is -2.22. The molecular formula is C14H9Cl2N5OS. The average Bonchev–Trinajstić information content (AvgIpc) is 2.99. The molecule has 2 N–H and O–H groups in total. The standard InChI is InChI=1S/C14H9Cl2N5OS/c15-9-1-2-11(10(16)7-9)18-13(22)19-14-21-20-12(23-14)8-3-5-17-6-4-8/h1-7H,(H2,18,19,21,22). The second kappa shape index (κ2) is 6.91. The van der Waals surface area contributed by atoms with Gasteiger partial charge in [-0.25, -0.2) is 4.79 Å². The lowest BCUT2D eigenvalue weighted by Crippen LogP contribution is -2.19. The lowest BCUT2D eigenvalue weighted by molar-refractivity contribution is 0.262. The number of carbonyl (C=O) groups excluding carboxylic acids is 1. The van der Waals surface area contributed by atoms with E-state index in [4.69, 9.17) is 23.2 Å². The summed E-state index contributed by atoms with van der Waals surface area (Å²) in [6, 6.07) is 7.97. The zero-order chi connectivity index (χ0) is 16.2. The van der Waals surface area contributed by atoms with Crippen LogP contribution in [0.25, 0.3) is 10.6 Å². The summed E-state index contributed by atoms with van der Waals surface area (Å²) in [6.07, 6.45) is 3.33. The minimum absolute atomic E-state index is 0.349. The zero-order valence-corrected chi connectivity index (χ0v) is 13.8. The fraction of sp³-hybridized carbons (Fsp3) is 0. The van der Waals surface area contributed by atoms with E-state index < -0.39 is 6.03 Å². The first-order valence-corrected chi connectivity index (χ1v) is 7.96. The third kappa shape index (κ3) is 3.95. The molecule has 0 spiro atoms. The van der Waals surface area contributed by atoms with Crippen LogP contribution >= 0.6 is 34.5 Å². The maximum atomic E-state index is 12.0. The van der Waals surface area contributed by atoms with Gasteiger partial charge >= 0.3 is 6.03 Å². The minimum Gasteiger partial charge on any atom is -0.306 e. The summed E-state index contributed by atoms with van der Waals surface area (Å²) in [6.45, 7) is 0.